The van der Waals surface area contributed by atoms with Crippen molar-refractivity contribution in [3.8, 4) is 17.0 Å². The zero-order chi connectivity index (χ0) is 16.8. The van der Waals surface area contributed by atoms with Gasteiger partial charge < -0.3 is 14.6 Å². The van der Waals surface area contributed by atoms with Gasteiger partial charge in [0.15, 0.2) is 0 Å². The average molecular weight is 325 g/mol. The van der Waals surface area contributed by atoms with Crippen LogP contribution in [0.5, 0.6) is 5.75 Å². The lowest BCUT2D eigenvalue weighted by Gasteiger charge is -2.07. The first-order chi connectivity index (χ1) is 11.8. The molecule has 0 fully saturated rings. The molecular formula is C17H19N5O2. The Morgan fingerprint density at radius 1 is 1.42 bits per heavy atom. The zero-order valence-corrected chi connectivity index (χ0v) is 13.4. The smallest absolute Gasteiger partial charge is 0.255 e. The standard InChI is InChI=1S/C17H19N5O2/c1-24-14-5-2-4-13(10-14)16-15(11-20-21-16)17(23)19-6-3-8-22-9-7-18-12-22/h2,4-5,7,9-12H,3,6,8H2,1H3,(H,19,23)(H,20,21). The highest BCUT2D eigenvalue weighted by Gasteiger charge is 2.15. The number of ether oxygens (including phenoxy) is 1. The first kappa shape index (κ1) is 15.8. The van der Waals surface area contributed by atoms with E-state index in [0.29, 0.717) is 17.8 Å². The molecule has 0 aliphatic heterocycles. The molecule has 1 amide bonds. The second kappa shape index (κ2) is 7.45. The summed E-state index contributed by atoms with van der Waals surface area (Å²) in [5.74, 6) is 0.584. The molecule has 3 aromatic rings. The molecule has 124 valence electrons. The van der Waals surface area contributed by atoms with Crippen molar-refractivity contribution in [3.05, 3.63) is 54.7 Å². The van der Waals surface area contributed by atoms with Gasteiger partial charge in [-0.3, -0.25) is 9.89 Å². The molecule has 0 aliphatic rings. The SMILES string of the molecule is COc1cccc(-c2[nH]ncc2C(=O)NCCCn2ccnc2)c1. The number of nitrogens with zero attached hydrogens (tertiary/aromatic N) is 3. The number of hydrogen-bond acceptors (Lipinski definition) is 4. The van der Waals surface area contributed by atoms with Crippen LogP contribution in [0.1, 0.15) is 16.8 Å². The van der Waals surface area contributed by atoms with E-state index in [-0.39, 0.29) is 5.91 Å². The summed E-state index contributed by atoms with van der Waals surface area (Å²) in [6, 6.07) is 7.51. The number of imidazole rings is 1. The van der Waals surface area contributed by atoms with Gasteiger partial charge in [0.05, 0.1) is 30.9 Å². The van der Waals surface area contributed by atoms with E-state index >= 15 is 0 Å². The lowest BCUT2D eigenvalue weighted by Crippen LogP contribution is -2.25. The number of carbonyl (C=O) groups is 1. The third-order valence-electron chi connectivity index (χ3n) is 3.68. The second-order valence-corrected chi connectivity index (χ2v) is 5.30. The van der Waals surface area contributed by atoms with E-state index in [1.807, 2.05) is 35.0 Å². The molecule has 7 nitrogen and oxygen atoms in total. The predicted molar refractivity (Wildman–Crippen MR) is 89.8 cm³/mol. The minimum Gasteiger partial charge on any atom is -0.497 e. The van der Waals surface area contributed by atoms with Crippen molar-refractivity contribution >= 4 is 5.91 Å². The molecule has 0 atom stereocenters. The Bertz CT molecular complexity index is 795. The maximum absolute atomic E-state index is 12.4. The highest BCUT2D eigenvalue weighted by Crippen LogP contribution is 2.24. The molecule has 24 heavy (non-hydrogen) atoms. The van der Waals surface area contributed by atoms with Crippen molar-refractivity contribution in [1.82, 2.24) is 25.1 Å². The van der Waals surface area contributed by atoms with Crippen molar-refractivity contribution in [1.29, 1.82) is 0 Å². The van der Waals surface area contributed by atoms with Gasteiger partial charge in [-0.2, -0.15) is 5.10 Å². The Balaban J connectivity index is 1.62. The molecule has 2 N–H and O–H groups in total. The molecule has 7 heteroatoms. The molecular weight excluding hydrogens is 306 g/mol. The first-order valence-corrected chi connectivity index (χ1v) is 7.69. The third kappa shape index (κ3) is 3.62. The van der Waals surface area contributed by atoms with Crippen molar-refractivity contribution in [3.63, 3.8) is 0 Å². The van der Waals surface area contributed by atoms with Gasteiger partial charge in [0.2, 0.25) is 0 Å². The molecule has 0 saturated heterocycles. The molecule has 2 heterocycles. The molecule has 0 aliphatic carbocycles. The normalized spacial score (nSPS) is 10.5. The fourth-order valence-corrected chi connectivity index (χ4v) is 2.43. The molecule has 3 rings (SSSR count). The van der Waals surface area contributed by atoms with Crippen molar-refractivity contribution in [2.24, 2.45) is 0 Å². The highest BCUT2D eigenvalue weighted by molar-refractivity contribution is 5.99. The van der Waals surface area contributed by atoms with Gasteiger partial charge >= 0.3 is 0 Å². The fraction of sp³-hybridized carbons (Fsp3) is 0.235. The van der Waals surface area contributed by atoms with Gasteiger partial charge in [-0.25, -0.2) is 4.98 Å². The summed E-state index contributed by atoms with van der Waals surface area (Å²) in [4.78, 5) is 16.4. The largest absolute Gasteiger partial charge is 0.497 e. The number of aryl methyl sites for hydroxylation is 1. The van der Waals surface area contributed by atoms with Crippen LogP contribution in [0.3, 0.4) is 0 Å². The Morgan fingerprint density at radius 3 is 3.12 bits per heavy atom. The Kier molecular flexibility index (Phi) is 4.90. The summed E-state index contributed by atoms with van der Waals surface area (Å²) in [6.07, 6.45) is 7.77. The number of rotatable bonds is 7. The van der Waals surface area contributed by atoms with Crippen LogP contribution in [-0.4, -0.2) is 39.3 Å². The minimum atomic E-state index is -0.146. The Morgan fingerprint density at radius 2 is 2.33 bits per heavy atom. The van der Waals surface area contributed by atoms with Crippen LogP contribution in [0.25, 0.3) is 11.3 Å². The Hall–Kier alpha value is -3.09. The average Bonchev–Trinajstić information content (AvgIpc) is 3.30. The van der Waals surface area contributed by atoms with Crippen molar-refractivity contribution in [2.75, 3.05) is 13.7 Å². The van der Waals surface area contributed by atoms with E-state index < -0.39 is 0 Å². The summed E-state index contributed by atoms with van der Waals surface area (Å²) >= 11 is 0. The number of carbonyl (C=O) groups excluding carboxylic acids is 1. The number of amides is 1. The topological polar surface area (TPSA) is 84.8 Å². The lowest BCUT2D eigenvalue weighted by molar-refractivity contribution is 0.0953. The molecule has 0 spiro atoms. The van der Waals surface area contributed by atoms with E-state index in [2.05, 4.69) is 20.5 Å². The van der Waals surface area contributed by atoms with Crippen molar-refractivity contribution < 1.29 is 9.53 Å². The molecule has 2 aromatic heterocycles. The van der Waals surface area contributed by atoms with E-state index in [1.165, 1.54) is 0 Å². The van der Waals surface area contributed by atoms with Crippen molar-refractivity contribution in [2.45, 2.75) is 13.0 Å². The number of methoxy groups -OCH3 is 1. The highest BCUT2D eigenvalue weighted by atomic mass is 16.5. The quantitative estimate of drug-likeness (QED) is 0.652. The molecule has 0 saturated carbocycles. The Labute approximate surface area is 139 Å². The number of hydrogen-bond donors (Lipinski definition) is 2. The van der Waals surface area contributed by atoms with E-state index in [9.17, 15) is 4.79 Å². The maximum Gasteiger partial charge on any atom is 0.255 e. The molecule has 0 unspecified atom stereocenters. The molecule has 1 aromatic carbocycles. The van der Waals surface area contributed by atoms with Gasteiger partial charge in [0.1, 0.15) is 5.75 Å². The minimum absolute atomic E-state index is 0.146. The van der Waals surface area contributed by atoms with Gasteiger partial charge in [-0.15, -0.1) is 0 Å². The van der Waals surface area contributed by atoms with Crippen LogP contribution < -0.4 is 10.1 Å². The van der Waals surface area contributed by atoms with Crippen LogP contribution in [-0.2, 0) is 6.54 Å². The van der Waals surface area contributed by atoms with Gasteiger partial charge in [0, 0.05) is 31.0 Å². The summed E-state index contributed by atoms with van der Waals surface area (Å²) in [5.41, 5.74) is 2.06. The van der Waals surface area contributed by atoms with E-state index in [1.54, 1.807) is 25.8 Å². The van der Waals surface area contributed by atoms with Gasteiger partial charge in [-0.05, 0) is 18.6 Å². The number of nitrogens with one attached hydrogen (secondary N) is 2. The molecule has 0 bridgehead atoms. The second-order valence-electron chi connectivity index (χ2n) is 5.30. The lowest BCUT2D eigenvalue weighted by atomic mass is 10.1. The van der Waals surface area contributed by atoms with Gasteiger partial charge in [-0.1, -0.05) is 12.1 Å². The van der Waals surface area contributed by atoms with Crippen LogP contribution in [0.15, 0.2) is 49.2 Å². The van der Waals surface area contributed by atoms with Crippen LogP contribution in [0.4, 0.5) is 0 Å². The first-order valence-electron chi connectivity index (χ1n) is 7.69. The number of benzene rings is 1. The third-order valence-corrected chi connectivity index (χ3v) is 3.68. The summed E-state index contributed by atoms with van der Waals surface area (Å²) in [7, 11) is 1.61. The van der Waals surface area contributed by atoms with Crippen LogP contribution in [0, 0.1) is 0 Å². The maximum atomic E-state index is 12.4. The van der Waals surface area contributed by atoms with Crippen LogP contribution >= 0.6 is 0 Å². The summed E-state index contributed by atoms with van der Waals surface area (Å²) in [5, 5.41) is 9.82. The number of H-pyrrole nitrogens is 1. The number of aromatic amines is 1. The predicted octanol–water partition coefficient (Wildman–Crippen LogP) is 2.10. The fourth-order valence-electron chi connectivity index (χ4n) is 2.43. The zero-order valence-electron chi connectivity index (χ0n) is 13.4. The summed E-state index contributed by atoms with van der Waals surface area (Å²) in [6.45, 7) is 1.40. The monoisotopic (exact) mass is 325 g/mol. The number of aromatic nitrogens is 4. The van der Waals surface area contributed by atoms with Crippen LogP contribution in [0.2, 0.25) is 0 Å². The van der Waals surface area contributed by atoms with E-state index in [0.717, 1.165) is 24.3 Å². The van der Waals surface area contributed by atoms with E-state index in [4.69, 9.17) is 4.74 Å². The summed E-state index contributed by atoms with van der Waals surface area (Å²) < 4.78 is 7.20. The van der Waals surface area contributed by atoms with Gasteiger partial charge in [0.25, 0.3) is 5.91 Å². The molecule has 0 radical (unpaired) electrons.